The molecular weight excluding hydrogens is 388 g/mol. The molecule has 0 saturated heterocycles. The van der Waals surface area contributed by atoms with Crippen LogP contribution in [0.5, 0.6) is 0 Å². The number of rotatable bonds is 9. The molecule has 0 fully saturated rings. The van der Waals surface area contributed by atoms with Gasteiger partial charge in [0.1, 0.15) is 12.1 Å². The summed E-state index contributed by atoms with van der Waals surface area (Å²) in [6.45, 7) is 0. The molecule has 146 valence electrons. The van der Waals surface area contributed by atoms with Gasteiger partial charge in [0, 0.05) is 28.6 Å². The first-order valence-corrected chi connectivity index (χ1v) is 9.49. The first kappa shape index (κ1) is 21.1. The predicted octanol–water partition coefficient (Wildman–Crippen LogP) is -0.0485. The van der Waals surface area contributed by atoms with E-state index in [-0.39, 0.29) is 17.9 Å². The van der Waals surface area contributed by atoms with Crippen LogP contribution in [0, 0.1) is 0 Å². The second-order valence-corrected chi connectivity index (χ2v) is 6.73. The average molecular weight is 411 g/mol. The Morgan fingerprint density at radius 3 is 2.33 bits per heavy atom. The van der Waals surface area contributed by atoms with Crippen molar-refractivity contribution in [1.29, 1.82) is 0 Å². The number of carboxylic acids is 1. The predicted molar refractivity (Wildman–Crippen MR) is 109 cm³/mol. The molecule has 27 heavy (non-hydrogen) atoms. The molecule has 0 bridgehead atoms. The van der Waals surface area contributed by atoms with Crippen molar-refractivity contribution in [1.82, 2.24) is 15.6 Å². The molecule has 0 aliphatic rings. The van der Waals surface area contributed by atoms with Crippen molar-refractivity contribution < 1.29 is 19.5 Å². The number of carbonyl (C=O) groups is 3. The molecule has 0 aliphatic carbocycles. The second-order valence-electron chi connectivity index (χ2n) is 6.00. The fourth-order valence-electron chi connectivity index (χ4n) is 2.56. The van der Waals surface area contributed by atoms with Crippen LogP contribution in [-0.2, 0) is 20.8 Å². The van der Waals surface area contributed by atoms with Gasteiger partial charge in [0.25, 0.3) is 0 Å². The Hall–Kier alpha value is -2.17. The monoisotopic (exact) mass is 410 g/mol. The Balaban J connectivity index is 1.98. The van der Waals surface area contributed by atoms with Gasteiger partial charge < -0.3 is 26.5 Å². The SMILES string of the molecule is N[C@@H](Cc1c[nH]c2ccccc12)C(=O)N[C@@H](CS)C(=O)N[C@@H](CS)C(=O)O. The van der Waals surface area contributed by atoms with E-state index in [1.807, 2.05) is 24.3 Å². The first-order chi connectivity index (χ1) is 12.9. The van der Waals surface area contributed by atoms with Crippen LogP contribution in [0.3, 0.4) is 0 Å². The Labute approximate surface area is 167 Å². The molecular formula is C17H22N4O4S2. The maximum atomic E-state index is 12.4. The van der Waals surface area contributed by atoms with E-state index in [1.165, 1.54) is 0 Å². The van der Waals surface area contributed by atoms with Crippen molar-refractivity contribution in [2.24, 2.45) is 5.73 Å². The van der Waals surface area contributed by atoms with Gasteiger partial charge in [-0.3, -0.25) is 9.59 Å². The molecule has 6 N–H and O–H groups in total. The van der Waals surface area contributed by atoms with Crippen molar-refractivity contribution in [2.45, 2.75) is 24.5 Å². The molecule has 8 nitrogen and oxygen atoms in total. The Bertz CT molecular complexity index is 826. The van der Waals surface area contributed by atoms with Crippen LogP contribution < -0.4 is 16.4 Å². The number of H-pyrrole nitrogens is 1. The van der Waals surface area contributed by atoms with E-state index in [1.54, 1.807) is 6.20 Å². The molecule has 0 spiro atoms. The second kappa shape index (κ2) is 9.67. The highest BCUT2D eigenvalue weighted by atomic mass is 32.1. The Kier molecular flexibility index (Phi) is 7.57. The smallest absolute Gasteiger partial charge is 0.327 e. The summed E-state index contributed by atoms with van der Waals surface area (Å²) in [4.78, 5) is 38.7. The topological polar surface area (TPSA) is 137 Å². The van der Waals surface area contributed by atoms with Crippen LogP contribution in [-0.4, -0.2) is 57.5 Å². The highest BCUT2D eigenvalue weighted by Crippen LogP contribution is 2.18. The fraction of sp³-hybridized carbons (Fsp3) is 0.353. The zero-order chi connectivity index (χ0) is 20.0. The maximum absolute atomic E-state index is 12.4. The zero-order valence-corrected chi connectivity index (χ0v) is 16.2. The molecule has 2 amide bonds. The summed E-state index contributed by atoms with van der Waals surface area (Å²) < 4.78 is 0. The number of carboxylic acid groups (broad SMARTS) is 1. The fourth-order valence-corrected chi connectivity index (χ4v) is 3.07. The average Bonchev–Trinajstić information content (AvgIpc) is 3.06. The summed E-state index contributed by atoms with van der Waals surface area (Å²) in [5, 5.41) is 14.8. The van der Waals surface area contributed by atoms with Crippen LogP contribution in [0.25, 0.3) is 10.9 Å². The number of aromatic nitrogens is 1. The zero-order valence-electron chi connectivity index (χ0n) is 14.4. The molecule has 0 saturated carbocycles. The van der Waals surface area contributed by atoms with E-state index in [4.69, 9.17) is 10.8 Å². The summed E-state index contributed by atoms with van der Waals surface area (Å²) in [7, 11) is 0. The van der Waals surface area contributed by atoms with E-state index >= 15 is 0 Å². The lowest BCUT2D eigenvalue weighted by atomic mass is 10.0. The summed E-state index contributed by atoms with van der Waals surface area (Å²) >= 11 is 7.93. The van der Waals surface area contributed by atoms with Crippen LogP contribution >= 0.6 is 25.3 Å². The largest absolute Gasteiger partial charge is 0.480 e. The van der Waals surface area contributed by atoms with Gasteiger partial charge in [-0.1, -0.05) is 18.2 Å². The van der Waals surface area contributed by atoms with Crippen LogP contribution in [0.1, 0.15) is 5.56 Å². The van der Waals surface area contributed by atoms with Crippen LogP contribution in [0.15, 0.2) is 30.5 Å². The molecule has 10 heteroatoms. The Morgan fingerprint density at radius 1 is 1.07 bits per heavy atom. The lowest BCUT2D eigenvalue weighted by Crippen LogP contribution is -2.55. The minimum absolute atomic E-state index is 0.00368. The quantitative estimate of drug-likeness (QED) is 0.291. The first-order valence-electron chi connectivity index (χ1n) is 8.23. The molecule has 1 aromatic heterocycles. The highest BCUT2D eigenvalue weighted by molar-refractivity contribution is 7.80. The van der Waals surface area contributed by atoms with Gasteiger partial charge in [-0.25, -0.2) is 4.79 Å². The van der Waals surface area contributed by atoms with Crippen molar-refractivity contribution in [2.75, 3.05) is 11.5 Å². The van der Waals surface area contributed by atoms with E-state index in [2.05, 4.69) is 40.9 Å². The van der Waals surface area contributed by atoms with Crippen molar-refractivity contribution in [3.8, 4) is 0 Å². The molecule has 2 aromatic rings. The number of carbonyl (C=O) groups excluding carboxylic acids is 2. The number of para-hydroxylation sites is 1. The van der Waals surface area contributed by atoms with E-state index in [0.717, 1.165) is 16.5 Å². The number of hydrogen-bond acceptors (Lipinski definition) is 6. The minimum atomic E-state index is -1.21. The third-order valence-corrected chi connectivity index (χ3v) is 4.79. The molecule has 0 aliphatic heterocycles. The molecule has 0 radical (unpaired) electrons. The summed E-state index contributed by atoms with van der Waals surface area (Å²) in [6.07, 6.45) is 2.08. The number of thiol groups is 2. The summed E-state index contributed by atoms with van der Waals surface area (Å²) in [6, 6.07) is 4.62. The highest BCUT2D eigenvalue weighted by Gasteiger charge is 2.26. The van der Waals surface area contributed by atoms with Crippen LogP contribution in [0.2, 0.25) is 0 Å². The number of benzene rings is 1. The normalized spacial score (nSPS) is 14.3. The number of amides is 2. The molecule has 3 atom stereocenters. The Morgan fingerprint density at radius 2 is 1.70 bits per heavy atom. The summed E-state index contributed by atoms with van der Waals surface area (Å²) in [5.41, 5.74) is 7.82. The van der Waals surface area contributed by atoms with E-state index in [9.17, 15) is 14.4 Å². The standard InChI is InChI=1S/C17H22N4O4S2/c18-11(5-9-6-19-12-4-2-1-3-10(9)12)15(22)20-13(7-26)16(23)21-14(8-27)17(24)25/h1-4,6,11,13-14,19,26-27H,5,7-8,18H2,(H,20,22)(H,21,23)(H,24,25)/t11-,13-,14-/m0/s1. The van der Waals surface area contributed by atoms with Crippen molar-refractivity contribution in [3.05, 3.63) is 36.0 Å². The number of hydrogen-bond donors (Lipinski definition) is 7. The summed E-state index contributed by atoms with van der Waals surface area (Å²) in [5.74, 6) is -2.46. The number of nitrogens with two attached hydrogens (primary N) is 1. The van der Waals surface area contributed by atoms with E-state index in [0.29, 0.717) is 0 Å². The van der Waals surface area contributed by atoms with Gasteiger partial charge in [0.05, 0.1) is 6.04 Å². The van der Waals surface area contributed by atoms with Crippen molar-refractivity contribution in [3.63, 3.8) is 0 Å². The van der Waals surface area contributed by atoms with Crippen molar-refractivity contribution >= 4 is 53.9 Å². The molecule has 1 heterocycles. The number of fused-ring (bicyclic) bond motifs is 1. The maximum Gasteiger partial charge on any atom is 0.327 e. The van der Waals surface area contributed by atoms with Crippen LogP contribution in [0.4, 0.5) is 0 Å². The van der Waals surface area contributed by atoms with Gasteiger partial charge in [-0.2, -0.15) is 25.3 Å². The lowest BCUT2D eigenvalue weighted by molar-refractivity contribution is -0.141. The number of aromatic amines is 1. The van der Waals surface area contributed by atoms with Gasteiger partial charge in [0.2, 0.25) is 11.8 Å². The number of aliphatic carboxylic acids is 1. The third kappa shape index (κ3) is 5.41. The van der Waals surface area contributed by atoms with E-state index < -0.39 is 35.9 Å². The lowest BCUT2D eigenvalue weighted by Gasteiger charge is -2.21. The van der Waals surface area contributed by atoms with Gasteiger partial charge in [-0.05, 0) is 18.1 Å². The number of nitrogens with one attached hydrogen (secondary N) is 3. The third-order valence-electron chi connectivity index (χ3n) is 4.06. The minimum Gasteiger partial charge on any atom is -0.480 e. The molecule has 1 aromatic carbocycles. The molecule has 0 unspecified atom stereocenters. The van der Waals surface area contributed by atoms with Gasteiger partial charge in [-0.15, -0.1) is 0 Å². The molecule has 2 rings (SSSR count). The van der Waals surface area contributed by atoms with Gasteiger partial charge in [0.15, 0.2) is 0 Å². The van der Waals surface area contributed by atoms with Gasteiger partial charge >= 0.3 is 5.97 Å².